The van der Waals surface area contributed by atoms with Crippen molar-refractivity contribution in [2.24, 2.45) is 5.92 Å². The molecule has 0 unspecified atom stereocenters. The Labute approximate surface area is 126 Å². The van der Waals surface area contributed by atoms with Gasteiger partial charge in [-0.3, -0.25) is 0 Å². The number of hydrogen-bond donors (Lipinski definition) is 2. The molecule has 4 nitrogen and oxygen atoms in total. The van der Waals surface area contributed by atoms with Gasteiger partial charge < -0.3 is 16.0 Å². The third-order valence-corrected chi connectivity index (χ3v) is 4.12. The van der Waals surface area contributed by atoms with Crippen LogP contribution in [-0.4, -0.2) is 18.1 Å². The highest BCUT2D eigenvalue weighted by Crippen LogP contribution is 2.26. The van der Waals surface area contributed by atoms with Gasteiger partial charge >= 0.3 is 0 Å². The predicted molar refractivity (Wildman–Crippen MR) is 89.0 cm³/mol. The van der Waals surface area contributed by atoms with Gasteiger partial charge in [0, 0.05) is 30.7 Å². The number of nitrogen functional groups attached to an aromatic ring is 1. The highest BCUT2D eigenvalue weighted by Gasteiger charge is 2.15. The molecule has 1 fully saturated rings. The molecule has 110 valence electrons. The first-order valence-corrected chi connectivity index (χ1v) is 7.55. The van der Waals surface area contributed by atoms with Crippen molar-refractivity contribution in [3.05, 3.63) is 42.6 Å². The average Bonchev–Trinajstić information content (AvgIpc) is 2.51. The summed E-state index contributed by atoms with van der Waals surface area (Å²) in [7, 11) is 0. The number of benzene rings is 1. The summed E-state index contributed by atoms with van der Waals surface area (Å²) in [4.78, 5) is 6.70. The van der Waals surface area contributed by atoms with E-state index in [0.29, 0.717) is 11.5 Å². The van der Waals surface area contributed by atoms with E-state index < -0.39 is 0 Å². The van der Waals surface area contributed by atoms with Crippen LogP contribution in [0.1, 0.15) is 19.8 Å². The van der Waals surface area contributed by atoms with Crippen molar-refractivity contribution < 1.29 is 0 Å². The Morgan fingerprint density at radius 2 is 1.86 bits per heavy atom. The van der Waals surface area contributed by atoms with Crippen LogP contribution < -0.4 is 16.0 Å². The van der Waals surface area contributed by atoms with Gasteiger partial charge in [-0.25, -0.2) is 4.98 Å². The molecule has 3 N–H and O–H groups in total. The van der Waals surface area contributed by atoms with Crippen LogP contribution in [0.25, 0.3) is 0 Å². The van der Waals surface area contributed by atoms with Crippen LogP contribution in [0.5, 0.6) is 0 Å². The normalized spacial score (nSPS) is 16.0. The van der Waals surface area contributed by atoms with Crippen molar-refractivity contribution in [2.75, 3.05) is 29.0 Å². The molecule has 0 radical (unpaired) electrons. The molecule has 1 aromatic heterocycles. The molecule has 1 aliphatic rings. The minimum atomic E-state index is 0.659. The Morgan fingerprint density at radius 1 is 1.14 bits per heavy atom. The molecule has 0 spiro atoms. The molecule has 3 rings (SSSR count). The lowest BCUT2D eigenvalue weighted by Crippen LogP contribution is -2.32. The second kappa shape index (κ2) is 6.04. The van der Waals surface area contributed by atoms with Gasteiger partial charge in [-0.2, -0.15) is 0 Å². The maximum Gasteiger partial charge on any atom is 0.153 e. The first-order valence-electron chi connectivity index (χ1n) is 7.55. The molecular formula is C17H22N4. The Balaban J connectivity index is 1.68. The SMILES string of the molecule is CC1CCN(c2ccc(Nc3ncccc3N)cc2)CC1. The number of piperidine rings is 1. The molecule has 0 amide bonds. The predicted octanol–water partition coefficient (Wildman–Crippen LogP) is 3.64. The third kappa shape index (κ3) is 3.27. The van der Waals surface area contributed by atoms with Crippen molar-refractivity contribution in [1.29, 1.82) is 0 Å². The van der Waals surface area contributed by atoms with Gasteiger partial charge in [0.1, 0.15) is 0 Å². The van der Waals surface area contributed by atoms with E-state index in [1.54, 1.807) is 6.20 Å². The number of aromatic nitrogens is 1. The summed E-state index contributed by atoms with van der Waals surface area (Å²) < 4.78 is 0. The molecule has 0 bridgehead atoms. The zero-order chi connectivity index (χ0) is 14.7. The number of nitrogens with one attached hydrogen (secondary N) is 1. The Kier molecular flexibility index (Phi) is 3.95. The summed E-state index contributed by atoms with van der Waals surface area (Å²) >= 11 is 0. The van der Waals surface area contributed by atoms with Gasteiger partial charge in [0.2, 0.25) is 0 Å². The van der Waals surface area contributed by atoms with Crippen LogP contribution in [0.3, 0.4) is 0 Å². The Morgan fingerprint density at radius 3 is 2.52 bits per heavy atom. The van der Waals surface area contributed by atoms with Crippen LogP contribution in [0, 0.1) is 5.92 Å². The van der Waals surface area contributed by atoms with Gasteiger partial charge in [-0.05, 0) is 55.2 Å². The monoisotopic (exact) mass is 282 g/mol. The molecule has 1 aromatic carbocycles. The van der Waals surface area contributed by atoms with Crippen molar-refractivity contribution in [3.63, 3.8) is 0 Å². The number of hydrogen-bond acceptors (Lipinski definition) is 4. The topological polar surface area (TPSA) is 54.2 Å². The van der Waals surface area contributed by atoms with Crippen LogP contribution in [-0.2, 0) is 0 Å². The highest BCUT2D eigenvalue weighted by molar-refractivity contribution is 5.69. The van der Waals surface area contributed by atoms with Crippen molar-refractivity contribution in [1.82, 2.24) is 4.98 Å². The van der Waals surface area contributed by atoms with Crippen LogP contribution in [0.2, 0.25) is 0 Å². The summed E-state index contributed by atoms with van der Waals surface area (Å²) in [6.45, 7) is 4.64. The molecule has 2 heterocycles. The standard InChI is InChI=1S/C17H22N4/c1-13-8-11-21(12-9-13)15-6-4-14(5-7-15)20-17-16(18)3-2-10-19-17/h2-7,10,13H,8-9,11-12,18H2,1H3,(H,19,20). The molecule has 4 heteroatoms. The molecule has 1 saturated heterocycles. The van der Waals surface area contributed by atoms with E-state index in [1.165, 1.54) is 18.5 Å². The van der Waals surface area contributed by atoms with E-state index >= 15 is 0 Å². The van der Waals surface area contributed by atoms with E-state index in [4.69, 9.17) is 5.73 Å². The first kappa shape index (κ1) is 13.7. The van der Waals surface area contributed by atoms with Gasteiger partial charge in [-0.1, -0.05) is 6.92 Å². The fourth-order valence-corrected chi connectivity index (χ4v) is 2.68. The lowest BCUT2D eigenvalue weighted by molar-refractivity contribution is 0.438. The molecule has 0 aliphatic carbocycles. The zero-order valence-electron chi connectivity index (χ0n) is 12.4. The van der Waals surface area contributed by atoms with Crippen molar-refractivity contribution in [2.45, 2.75) is 19.8 Å². The van der Waals surface area contributed by atoms with Crippen molar-refractivity contribution in [3.8, 4) is 0 Å². The molecule has 2 aromatic rings. The third-order valence-electron chi connectivity index (χ3n) is 4.12. The van der Waals surface area contributed by atoms with Crippen LogP contribution in [0.4, 0.5) is 22.9 Å². The Hall–Kier alpha value is -2.23. The lowest BCUT2D eigenvalue weighted by Gasteiger charge is -2.32. The average molecular weight is 282 g/mol. The minimum Gasteiger partial charge on any atom is -0.396 e. The van der Waals surface area contributed by atoms with Gasteiger partial charge in [0.05, 0.1) is 5.69 Å². The minimum absolute atomic E-state index is 0.659. The summed E-state index contributed by atoms with van der Waals surface area (Å²) in [5.74, 6) is 1.56. The second-order valence-corrected chi connectivity index (χ2v) is 5.78. The summed E-state index contributed by atoms with van der Waals surface area (Å²) in [5.41, 5.74) is 8.86. The first-order chi connectivity index (χ1) is 10.2. The summed E-state index contributed by atoms with van der Waals surface area (Å²) in [5, 5.41) is 3.25. The number of rotatable bonds is 3. The molecular weight excluding hydrogens is 260 g/mol. The fourth-order valence-electron chi connectivity index (χ4n) is 2.68. The highest BCUT2D eigenvalue weighted by atomic mass is 15.1. The lowest BCUT2D eigenvalue weighted by atomic mass is 9.99. The fraction of sp³-hybridized carbons (Fsp3) is 0.353. The summed E-state index contributed by atoms with van der Waals surface area (Å²) in [6.07, 6.45) is 4.30. The number of pyridine rings is 1. The Bertz CT molecular complexity index is 586. The second-order valence-electron chi connectivity index (χ2n) is 5.78. The number of nitrogens with two attached hydrogens (primary N) is 1. The van der Waals surface area contributed by atoms with Gasteiger partial charge in [0.15, 0.2) is 5.82 Å². The van der Waals surface area contributed by atoms with E-state index in [-0.39, 0.29) is 0 Å². The summed E-state index contributed by atoms with van der Waals surface area (Å²) in [6, 6.07) is 12.2. The molecule has 0 atom stereocenters. The smallest absolute Gasteiger partial charge is 0.153 e. The van der Waals surface area contributed by atoms with Crippen molar-refractivity contribution >= 4 is 22.9 Å². The van der Waals surface area contributed by atoms with E-state index in [2.05, 4.69) is 46.4 Å². The van der Waals surface area contributed by atoms with Gasteiger partial charge in [0.25, 0.3) is 0 Å². The molecule has 0 saturated carbocycles. The van der Waals surface area contributed by atoms with E-state index in [9.17, 15) is 0 Å². The number of anilines is 4. The van der Waals surface area contributed by atoms with E-state index in [1.807, 2.05) is 12.1 Å². The molecule has 21 heavy (non-hydrogen) atoms. The maximum atomic E-state index is 5.89. The van der Waals surface area contributed by atoms with Crippen LogP contribution >= 0.6 is 0 Å². The number of nitrogens with zero attached hydrogens (tertiary/aromatic N) is 2. The quantitative estimate of drug-likeness (QED) is 0.902. The van der Waals surface area contributed by atoms with E-state index in [0.717, 1.165) is 24.7 Å². The van der Waals surface area contributed by atoms with Gasteiger partial charge in [-0.15, -0.1) is 0 Å². The van der Waals surface area contributed by atoms with Crippen LogP contribution in [0.15, 0.2) is 42.6 Å². The molecule has 1 aliphatic heterocycles. The zero-order valence-corrected chi connectivity index (χ0v) is 12.4. The largest absolute Gasteiger partial charge is 0.396 e. The maximum absolute atomic E-state index is 5.89.